The molecule has 1 aromatic rings. The smallest absolute Gasteiger partial charge is 0.116 e. The first-order valence-corrected chi connectivity index (χ1v) is 5.87. The Morgan fingerprint density at radius 3 is 1.73 bits per heavy atom. The van der Waals surface area contributed by atoms with E-state index in [1.54, 1.807) is 23.5 Å². The maximum Gasteiger partial charge on any atom is 0.116 e. The van der Waals surface area contributed by atoms with Crippen LogP contribution in [-0.2, 0) is 8.37 Å². The lowest BCUT2D eigenvalue weighted by Crippen LogP contribution is -2.01. The van der Waals surface area contributed by atoms with Crippen LogP contribution >= 0.6 is 37.2 Å². The van der Waals surface area contributed by atoms with E-state index in [4.69, 9.17) is 8.37 Å². The van der Waals surface area contributed by atoms with E-state index in [2.05, 4.69) is 39.0 Å². The van der Waals surface area contributed by atoms with E-state index in [1.165, 1.54) is 0 Å². The summed E-state index contributed by atoms with van der Waals surface area (Å²) in [6, 6.07) is 0. The Morgan fingerprint density at radius 2 is 1.47 bits per heavy atom. The summed E-state index contributed by atoms with van der Waals surface area (Å²) >= 11 is 9.17. The highest BCUT2D eigenvalue weighted by atomic mass is 32.1. The van der Waals surface area contributed by atoms with Gasteiger partial charge in [0, 0.05) is 11.1 Å². The molecule has 0 aliphatic carbocycles. The molecule has 15 heavy (non-hydrogen) atoms. The molecule has 0 N–H and O–H groups in total. The normalized spacial score (nSPS) is 14.5. The first-order valence-electron chi connectivity index (χ1n) is 4.20. The number of hydrogen-bond acceptors (Lipinski definition) is 5. The first kappa shape index (κ1) is 12.9. The van der Waals surface area contributed by atoms with Gasteiger partial charge in [-0.15, -0.1) is 13.2 Å². The highest BCUT2D eigenvalue weighted by Crippen LogP contribution is 2.33. The fourth-order valence-electron chi connectivity index (χ4n) is 1.23. The van der Waals surface area contributed by atoms with Crippen LogP contribution in [-0.4, -0.2) is 0 Å². The van der Waals surface area contributed by atoms with Crippen LogP contribution in [0, 0.1) is 0 Å². The molecule has 0 aliphatic heterocycles. The molecule has 1 rings (SSSR count). The summed E-state index contributed by atoms with van der Waals surface area (Å²) in [5, 5.41) is 3.95. The number of thiophene rings is 1. The fraction of sp³-hybridized carbons (Fsp3) is 0.200. The average molecular weight is 260 g/mol. The molecule has 0 amide bonds. The Morgan fingerprint density at radius 1 is 1.07 bits per heavy atom. The molecule has 2 nitrogen and oxygen atoms in total. The maximum absolute atomic E-state index is 4.99. The highest BCUT2D eigenvalue weighted by Gasteiger charge is 2.18. The van der Waals surface area contributed by atoms with Gasteiger partial charge in [-0.25, -0.2) is 0 Å². The second-order valence-electron chi connectivity index (χ2n) is 2.81. The van der Waals surface area contributed by atoms with E-state index in [-0.39, 0.29) is 12.2 Å². The molecule has 5 heteroatoms. The number of hydrogen-bond donors (Lipinski definition) is 2. The minimum atomic E-state index is -0.250. The minimum absolute atomic E-state index is 0.250. The van der Waals surface area contributed by atoms with E-state index >= 15 is 0 Å². The predicted molar refractivity (Wildman–Crippen MR) is 70.3 cm³/mol. The van der Waals surface area contributed by atoms with Gasteiger partial charge < -0.3 is 8.37 Å². The molecule has 1 heterocycles. The molecular formula is C10H12O2S3. The van der Waals surface area contributed by atoms with Crippen molar-refractivity contribution >= 4 is 37.2 Å². The average Bonchev–Trinajstić information content (AvgIpc) is 2.71. The van der Waals surface area contributed by atoms with Crippen molar-refractivity contribution in [2.45, 2.75) is 12.2 Å². The molecule has 0 radical (unpaired) electrons. The van der Waals surface area contributed by atoms with Crippen molar-refractivity contribution in [3.63, 3.8) is 0 Å². The predicted octanol–water partition coefficient (Wildman–Crippen LogP) is 3.93. The molecule has 0 saturated carbocycles. The monoisotopic (exact) mass is 260 g/mol. The zero-order chi connectivity index (χ0) is 11.3. The van der Waals surface area contributed by atoms with Gasteiger partial charge in [-0.05, 0) is 36.6 Å². The third kappa shape index (κ3) is 2.89. The van der Waals surface area contributed by atoms with Crippen LogP contribution in [0.25, 0.3) is 0 Å². The Balaban J connectivity index is 3.03. The van der Waals surface area contributed by atoms with Gasteiger partial charge in [0.1, 0.15) is 12.2 Å². The third-order valence-electron chi connectivity index (χ3n) is 1.99. The summed E-state index contributed by atoms with van der Waals surface area (Å²) in [5.41, 5.74) is 1.95. The Hall–Kier alpha value is -0.200. The molecule has 0 aromatic carbocycles. The van der Waals surface area contributed by atoms with Gasteiger partial charge in [0.15, 0.2) is 0 Å². The quantitative estimate of drug-likeness (QED) is 0.459. The van der Waals surface area contributed by atoms with E-state index < -0.39 is 0 Å². The summed E-state index contributed by atoms with van der Waals surface area (Å²) < 4.78 is 9.98. The summed E-state index contributed by atoms with van der Waals surface area (Å²) in [5.74, 6) is 0. The van der Waals surface area contributed by atoms with Gasteiger partial charge in [-0.1, -0.05) is 12.2 Å². The SMILES string of the molecule is C=CC(OS)c1cscc1C(C=C)OS. The Labute approximate surface area is 105 Å². The Kier molecular flexibility index (Phi) is 5.49. The molecule has 0 spiro atoms. The summed E-state index contributed by atoms with van der Waals surface area (Å²) in [4.78, 5) is 0. The zero-order valence-corrected chi connectivity index (χ0v) is 10.6. The summed E-state index contributed by atoms with van der Waals surface area (Å²) in [6.45, 7) is 7.37. The van der Waals surface area contributed by atoms with Crippen molar-refractivity contribution in [3.05, 3.63) is 47.2 Å². The van der Waals surface area contributed by atoms with Crippen LogP contribution in [0.1, 0.15) is 23.3 Å². The molecule has 0 bridgehead atoms. The van der Waals surface area contributed by atoms with E-state index in [0.29, 0.717) is 0 Å². The number of thiol groups is 2. The van der Waals surface area contributed by atoms with Gasteiger partial charge in [-0.2, -0.15) is 11.3 Å². The van der Waals surface area contributed by atoms with Crippen molar-refractivity contribution in [1.82, 2.24) is 0 Å². The van der Waals surface area contributed by atoms with E-state index in [9.17, 15) is 0 Å². The zero-order valence-electron chi connectivity index (χ0n) is 8.00. The van der Waals surface area contributed by atoms with Gasteiger partial charge in [-0.3, -0.25) is 0 Å². The number of rotatable bonds is 6. The molecular weight excluding hydrogens is 248 g/mol. The van der Waals surface area contributed by atoms with Crippen LogP contribution in [0.5, 0.6) is 0 Å². The van der Waals surface area contributed by atoms with Gasteiger partial charge in [0.25, 0.3) is 0 Å². The maximum atomic E-state index is 4.99. The van der Waals surface area contributed by atoms with Gasteiger partial charge >= 0.3 is 0 Å². The minimum Gasteiger partial charge on any atom is -0.306 e. The molecule has 2 unspecified atom stereocenters. The van der Waals surface area contributed by atoms with E-state index in [1.807, 2.05) is 10.8 Å². The van der Waals surface area contributed by atoms with Crippen LogP contribution < -0.4 is 0 Å². The second-order valence-corrected chi connectivity index (χ2v) is 3.97. The molecule has 82 valence electrons. The first-order chi connectivity index (χ1) is 7.28. The lowest BCUT2D eigenvalue weighted by atomic mass is 10.0. The fourth-order valence-corrected chi connectivity index (χ4v) is 2.53. The lowest BCUT2D eigenvalue weighted by Gasteiger charge is -2.14. The topological polar surface area (TPSA) is 18.5 Å². The summed E-state index contributed by atoms with van der Waals surface area (Å²) in [6.07, 6.45) is 2.86. The van der Waals surface area contributed by atoms with Crippen molar-refractivity contribution in [3.8, 4) is 0 Å². The van der Waals surface area contributed by atoms with Gasteiger partial charge in [0.05, 0.1) is 0 Å². The standard InChI is InChI=1S/C10H12O2S3/c1-3-9(11-13)7-5-15-6-8(7)10(4-2)12-14/h3-6,9-10,13-14H,1-2H2. The van der Waals surface area contributed by atoms with Crippen LogP contribution in [0.15, 0.2) is 36.1 Å². The van der Waals surface area contributed by atoms with Crippen molar-refractivity contribution in [2.75, 3.05) is 0 Å². The molecule has 0 fully saturated rings. The lowest BCUT2D eigenvalue weighted by molar-refractivity contribution is 0.287. The third-order valence-corrected chi connectivity index (χ3v) is 3.23. The second kappa shape index (κ2) is 6.40. The van der Waals surface area contributed by atoms with Crippen molar-refractivity contribution < 1.29 is 8.37 Å². The molecule has 0 saturated heterocycles. The summed E-state index contributed by atoms with van der Waals surface area (Å²) in [7, 11) is 0. The van der Waals surface area contributed by atoms with E-state index in [0.717, 1.165) is 11.1 Å². The molecule has 2 atom stereocenters. The Bertz CT molecular complexity index is 305. The highest BCUT2D eigenvalue weighted by molar-refractivity contribution is 7.75. The largest absolute Gasteiger partial charge is 0.306 e. The van der Waals surface area contributed by atoms with Gasteiger partial charge in [0.2, 0.25) is 0 Å². The van der Waals surface area contributed by atoms with Crippen LogP contribution in [0.3, 0.4) is 0 Å². The van der Waals surface area contributed by atoms with Crippen molar-refractivity contribution in [1.29, 1.82) is 0 Å². The molecule has 1 aromatic heterocycles. The van der Waals surface area contributed by atoms with Crippen LogP contribution in [0.4, 0.5) is 0 Å². The van der Waals surface area contributed by atoms with Crippen LogP contribution in [0.2, 0.25) is 0 Å². The van der Waals surface area contributed by atoms with Crippen molar-refractivity contribution in [2.24, 2.45) is 0 Å². The molecule has 0 aliphatic rings.